The molecule has 1 fully saturated rings. The largest absolute Gasteiger partial charge is 0.350 e. The number of rotatable bonds is 5. The molecule has 2 aromatic carbocycles. The topological polar surface area (TPSA) is 64.0 Å². The van der Waals surface area contributed by atoms with Crippen molar-refractivity contribution in [1.82, 2.24) is 15.1 Å². The fourth-order valence-electron chi connectivity index (χ4n) is 3.38. The number of benzene rings is 2. The van der Waals surface area contributed by atoms with E-state index in [2.05, 4.69) is 22.5 Å². The van der Waals surface area contributed by atoms with E-state index in [4.69, 9.17) is 0 Å². The lowest BCUT2D eigenvalue weighted by Crippen LogP contribution is -2.36. The number of aryl methyl sites for hydroxylation is 1. The summed E-state index contributed by atoms with van der Waals surface area (Å²) in [6.07, 6.45) is 2.07. The van der Waals surface area contributed by atoms with Crippen LogP contribution in [-0.4, -0.2) is 22.2 Å². The first-order valence-corrected chi connectivity index (χ1v) is 9.09. The van der Waals surface area contributed by atoms with Crippen LogP contribution in [0.2, 0.25) is 0 Å². The molecule has 1 N–H and O–H groups in total. The number of nitrogens with zero attached hydrogens (tertiary/aromatic N) is 2. The van der Waals surface area contributed by atoms with Crippen molar-refractivity contribution in [3.05, 3.63) is 93.9 Å². The third-order valence-corrected chi connectivity index (χ3v) is 5.15. The molecule has 5 heteroatoms. The standard InChI is InChI=1S/C22H21N3O2/c1-16-14-19(26)20(24-25(16)18-10-6-3-7-11-18)21(27)23-15-22(12-13-22)17-8-4-2-5-9-17/h2-11,14H,12-13,15H2,1H3,(H,23,27). The first kappa shape index (κ1) is 17.2. The van der Waals surface area contributed by atoms with E-state index in [9.17, 15) is 9.59 Å². The number of carbonyl (C=O) groups excluding carboxylic acids is 1. The Labute approximate surface area is 157 Å². The van der Waals surface area contributed by atoms with Gasteiger partial charge in [-0.05, 0) is 37.5 Å². The molecule has 0 atom stereocenters. The summed E-state index contributed by atoms with van der Waals surface area (Å²) >= 11 is 0. The van der Waals surface area contributed by atoms with Crippen LogP contribution in [0, 0.1) is 6.92 Å². The van der Waals surface area contributed by atoms with E-state index in [1.165, 1.54) is 11.6 Å². The molecule has 0 spiro atoms. The van der Waals surface area contributed by atoms with E-state index < -0.39 is 5.91 Å². The van der Waals surface area contributed by atoms with Crippen molar-refractivity contribution >= 4 is 5.91 Å². The van der Waals surface area contributed by atoms with Gasteiger partial charge in [0, 0.05) is 23.7 Å². The summed E-state index contributed by atoms with van der Waals surface area (Å²) in [6.45, 7) is 2.31. The molecule has 0 unspecified atom stereocenters. The fourth-order valence-corrected chi connectivity index (χ4v) is 3.38. The van der Waals surface area contributed by atoms with Crippen molar-refractivity contribution < 1.29 is 4.79 Å². The maximum absolute atomic E-state index is 12.7. The average Bonchev–Trinajstić information content (AvgIpc) is 3.49. The van der Waals surface area contributed by atoms with Gasteiger partial charge in [-0.2, -0.15) is 5.10 Å². The Bertz CT molecular complexity index is 1020. The van der Waals surface area contributed by atoms with Crippen LogP contribution in [0.1, 0.15) is 34.6 Å². The third-order valence-electron chi connectivity index (χ3n) is 5.15. The number of nitrogens with one attached hydrogen (secondary N) is 1. The van der Waals surface area contributed by atoms with E-state index in [-0.39, 0.29) is 16.5 Å². The number of hydrogen-bond donors (Lipinski definition) is 1. The quantitative estimate of drug-likeness (QED) is 0.762. The minimum Gasteiger partial charge on any atom is -0.350 e. The van der Waals surface area contributed by atoms with Gasteiger partial charge in [-0.1, -0.05) is 48.5 Å². The Morgan fingerprint density at radius 2 is 1.70 bits per heavy atom. The summed E-state index contributed by atoms with van der Waals surface area (Å²) in [5.74, 6) is -0.424. The Kier molecular flexibility index (Phi) is 4.36. The summed E-state index contributed by atoms with van der Waals surface area (Å²) in [6, 6.07) is 21.1. The van der Waals surface area contributed by atoms with Crippen LogP contribution >= 0.6 is 0 Å². The highest BCUT2D eigenvalue weighted by atomic mass is 16.2. The molecule has 5 nitrogen and oxygen atoms in total. The lowest BCUT2D eigenvalue weighted by molar-refractivity contribution is 0.0941. The van der Waals surface area contributed by atoms with E-state index in [0.29, 0.717) is 12.2 Å². The molecular formula is C22H21N3O2. The molecular weight excluding hydrogens is 338 g/mol. The van der Waals surface area contributed by atoms with Crippen molar-refractivity contribution in [2.24, 2.45) is 0 Å². The van der Waals surface area contributed by atoms with Crippen molar-refractivity contribution in [3.63, 3.8) is 0 Å². The minimum atomic E-state index is -0.424. The second-order valence-electron chi connectivity index (χ2n) is 7.07. The Morgan fingerprint density at radius 3 is 2.33 bits per heavy atom. The van der Waals surface area contributed by atoms with E-state index in [1.807, 2.05) is 48.5 Å². The highest BCUT2D eigenvalue weighted by Gasteiger charge is 2.44. The van der Waals surface area contributed by atoms with Gasteiger partial charge < -0.3 is 5.32 Å². The highest BCUT2D eigenvalue weighted by molar-refractivity contribution is 5.92. The molecule has 0 aliphatic heterocycles. The first-order chi connectivity index (χ1) is 13.1. The molecule has 1 amide bonds. The molecule has 1 aliphatic carbocycles. The molecule has 1 heterocycles. The van der Waals surface area contributed by atoms with Crippen LogP contribution in [0.5, 0.6) is 0 Å². The first-order valence-electron chi connectivity index (χ1n) is 9.09. The van der Waals surface area contributed by atoms with Crippen LogP contribution in [0.25, 0.3) is 5.69 Å². The van der Waals surface area contributed by atoms with Gasteiger partial charge in [0.05, 0.1) is 5.69 Å². The lowest BCUT2D eigenvalue weighted by atomic mass is 9.96. The zero-order valence-electron chi connectivity index (χ0n) is 15.2. The van der Waals surface area contributed by atoms with Gasteiger partial charge in [-0.15, -0.1) is 0 Å². The Balaban J connectivity index is 1.57. The molecule has 1 saturated carbocycles. The predicted octanol–water partition coefficient (Wildman–Crippen LogP) is 3.00. The van der Waals surface area contributed by atoms with E-state index in [0.717, 1.165) is 18.5 Å². The molecule has 0 saturated heterocycles. The molecule has 4 rings (SSSR count). The van der Waals surface area contributed by atoms with Gasteiger partial charge in [0.25, 0.3) is 5.91 Å². The zero-order chi connectivity index (χ0) is 18.9. The molecule has 1 aliphatic rings. The van der Waals surface area contributed by atoms with Gasteiger partial charge in [0.1, 0.15) is 0 Å². The van der Waals surface area contributed by atoms with Crippen LogP contribution < -0.4 is 10.7 Å². The van der Waals surface area contributed by atoms with Crippen molar-refractivity contribution in [2.45, 2.75) is 25.2 Å². The number of para-hydroxylation sites is 1. The maximum atomic E-state index is 12.7. The van der Waals surface area contributed by atoms with Gasteiger partial charge in [-0.3, -0.25) is 9.59 Å². The monoisotopic (exact) mass is 359 g/mol. The van der Waals surface area contributed by atoms with Gasteiger partial charge in [0.2, 0.25) is 5.43 Å². The Hall–Kier alpha value is -3.21. The molecule has 1 aromatic heterocycles. The number of hydrogen-bond acceptors (Lipinski definition) is 3. The van der Waals surface area contributed by atoms with Crippen molar-refractivity contribution in [3.8, 4) is 5.69 Å². The predicted molar refractivity (Wildman–Crippen MR) is 104 cm³/mol. The normalized spacial score (nSPS) is 14.6. The molecule has 3 aromatic rings. The number of amides is 1. The van der Waals surface area contributed by atoms with E-state index in [1.54, 1.807) is 11.6 Å². The van der Waals surface area contributed by atoms with Crippen LogP contribution in [0.3, 0.4) is 0 Å². The summed E-state index contributed by atoms with van der Waals surface area (Å²) in [7, 11) is 0. The average molecular weight is 359 g/mol. The SMILES string of the molecule is Cc1cc(=O)c(C(=O)NCC2(c3ccccc3)CC2)nn1-c1ccccc1. The summed E-state index contributed by atoms with van der Waals surface area (Å²) in [5.41, 5.74) is 2.27. The summed E-state index contributed by atoms with van der Waals surface area (Å²) in [4.78, 5) is 25.0. The minimum absolute atomic E-state index is 0.0138. The summed E-state index contributed by atoms with van der Waals surface area (Å²) < 4.78 is 1.63. The number of carbonyl (C=O) groups is 1. The third kappa shape index (κ3) is 3.40. The molecule has 27 heavy (non-hydrogen) atoms. The van der Waals surface area contributed by atoms with Gasteiger partial charge in [0.15, 0.2) is 5.69 Å². The fraction of sp³-hybridized carbons (Fsp3) is 0.227. The van der Waals surface area contributed by atoms with Gasteiger partial charge >= 0.3 is 0 Å². The van der Waals surface area contributed by atoms with Crippen LogP contribution in [0.4, 0.5) is 0 Å². The number of aromatic nitrogens is 2. The molecule has 0 radical (unpaired) electrons. The maximum Gasteiger partial charge on any atom is 0.275 e. The molecule has 136 valence electrons. The van der Waals surface area contributed by atoms with Crippen molar-refractivity contribution in [2.75, 3.05) is 6.54 Å². The lowest BCUT2D eigenvalue weighted by Gasteiger charge is -2.17. The Morgan fingerprint density at radius 1 is 1.07 bits per heavy atom. The van der Waals surface area contributed by atoms with Gasteiger partial charge in [-0.25, -0.2) is 4.68 Å². The van der Waals surface area contributed by atoms with E-state index >= 15 is 0 Å². The van der Waals surface area contributed by atoms with Crippen molar-refractivity contribution in [1.29, 1.82) is 0 Å². The second-order valence-corrected chi connectivity index (χ2v) is 7.07. The van der Waals surface area contributed by atoms with Crippen LogP contribution in [0.15, 0.2) is 71.5 Å². The summed E-state index contributed by atoms with van der Waals surface area (Å²) in [5, 5.41) is 7.25. The second kappa shape index (κ2) is 6.83. The smallest absolute Gasteiger partial charge is 0.275 e. The highest BCUT2D eigenvalue weighted by Crippen LogP contribution is 2.47. The molecule has 0 bridgehead atoms. The zero-order valence-corrected chi connectivity index (χ0v) is 15.2. The van der Waals surface area contributed by atoms with Crippen LogP contribution in [-0.2, 0) is 5.41 Å².